The predicted octanol–water partition coefficient (Wildman–Crippen LogP) is 5.61. The summed E-state index contributed by atoms with van der Waals surface area (Å²) in [5.41, 5.74) is 11.3. The van der Waals surface area contributed by atoms with Gasteiger partial charge in [0.2, 0.25) is 11.8 Å². The molecule has 37 heavy (non-hydrogen) atoms. The van der Waals surface area contributed by atoms with Crippen LogP contribution >= 0.6 is 0 Å². The quantitative estimate of drug-likeness (QED) is 0.282. The Morgan fingerprint density at radius 1 is 0.973 bits per heavy atom. The Morgan fingerprint density at radius 2 is 1.73 bits per heavy atom. The number of fused-ring (bicyclic) bond motifs is 1. The minimum absolute atomic E-state index is 0.0429. The Kier molecular flexibility index (Phi) is 8.72. The fourth-order valence-electron chi connectivity index (χ4n) is 4.80. The fraction of sp³-hybridized carbons (Fsp3) is 0.323. The van der Waals surface area contributed by atoms with Crippen molar-refractivity contribution >= 4 is 29.0 Å². The summed E-state index contributed by atoms with van der Waals surface area (Å²) in [5, 5.41) is 7.53. The molecule has 1 heterocycles. The normalized spacial score (nSPS) is 12.6. The zero-order valence-corrected chi connectivity index (χ0v) is 21.6. The van der Waals surface area contributed by atoms with Crippen molar-refractivity contribution in [3.63, 3.8) is 0 Å². The highest BCUT2D eigenvalue weighted by atomic mass is 16.2. The van der Waals surface area contributed by atoms with E-state index in [0.29, 0.717) is 37.9 Å². The van der Waals surface area contributed by atoms with E-state index in [1.165, 1.54) is 0 Å². The summed E-state index contributed by atoms with van der Waals surface area (Å²) >= 11 is 0. The van der Waals surface area contributed by atoms with E-state index in [2.05, 4.69) is 13.0 Å². The van der Waals surface area contributed by atoms with Crippen LogP contribution < -0.4 is 15.5 Å². The molecule has 0 fully saturated rings. The lowest BCUT2D eigenvalue weighted by Gasteiger charge is -2.31. The van der Waals surface area contributed by atoms with E-state index in [0.717, 1.165) is 53.7 Å². The Balaban J connectivity index is 1.50. The van der Waals surface area contributed by atoms with Gasteiger partial charge in [-0.25, -0.2) is 0 Å². The van der Waals surface area contributed by atoms with Crippen LogP contribution in [0.25, 0.3) is 0 Å². The van der Waals surface area contributed by atoms with Crippen molar-refractivity contribution in [2.24, 2.45) is 5.73 Å². The standard InChI is InChI=1S/C31H36N4O2/c1-2-3-11-29(36)35(22-24-8-5-4-6-9-24)27-17-18-28-26(21-27)10-7-20-34(28)30(37)19-14-23-12-15-25(16-13-23)31(32)33/h4-6,8-9,12-13,15-18,21H,2-3,7,10-11,14,19-20,22H2,1H3,(H3,32,33). The van der Waals surface area contributed by atoms with Crippen molar-refractivity contribution in [1.29, 1.82) is 5.41 Å². The van der Waals surface area contributed by atoms with Gasteiger partial charge in [0.25, 0.3) is 0 Å². The monoisotopic (exact) mass is 496 g/mol. The first-order valence-corrected chi connectivity index (χ1v) is 13.2. The SMILES string of the molecule is CCCCC(=O)N(Cc1ccccc1)c1ccc2c(c1)CCCN2C(=O)CCc1ccc(C(=N)N)cc1. The maximum absolute atomic E-state index is 13.2. The lowest BCUT2D eigenvalue weighted by Crippen LogP contribution is -2.36. The molecule has 4 rings (SSSR count). The molecule has 192 valence electrons. The largest absolute Gasteiger partial charge is 0.384 e. The third-order valence-corrected chi connectivity index (χ3v) is 6.92. The van der Waals surface area contributed by atoms with Crippen molar-refractivity contribution in [1.82, 2.24) is 0 Å². The molecule has 6 heteroatoms. The van der Waals surface area contributed by atoms with Gasteiger partial charge >= 0.3 is 0 Å². The number of nitrogens with one attached hydrogen (secondary N) is 1. The Hall–Kier alpha value is -3.93. The second-order valence-electron chi connectivity index (χ2n) is 9.64. The van der Waals surface area contributed by atoms with Crippen LogP contribution in [0.1, 0.15) is 61.3 Å². The van der Waals surface area contributed by atoms with Gasteiger partial charge in [-0.2, -0.15) is 0 Å². The first-order chi connectivity index (χ1) is 18.0. The molecule has 0 saturated carbocycles. The number of carbonyl (C=O) groups is 2. The number of carbonyl (C=O) groups excluding carboxylic acids is 2. The van der Waals surface area contributed by atoms with Crippen molar-refractivity contribution < 1.29 is 9.59 Å². The third-order valence-electron chi connectivity index (χ3n) is 6.92. The van der Waals surface area contributed by atoms with Crippen LogP contribution in [0, 0.1) is 5.41 Å². The molecule has 0 aromatic heterocycles. The summed E-state index contributed by atoms with van der Waals surface area (Å²) in [6.45, 7) is 3.34. The number of rotatable bonds is 10. The van der Waals surface area contributed by atoms with Gasteiger partial charge in [0.05, 0.1) is 6.54 Å². The first-order valence-electron chi connectivity index (χ1n) is 13.2. The van der Waals surface area contributed by atoms with E-state index in [1.54, 1.807) is 0 Å². The summed E-state index contributed by atoms with van der Waals surface area (Å²) in [6, 6.07) is 23.7. The Morgan fingerprint density at radius 3 is 2.43 bits per heavy atom. The van der Waals surface area contributed by atoms with Gasteiger partial charge in [0.1, 0.15) is 5.84 Å². The van der Waals surface area contributed by atoms with Crippen LogP contribution in [0.4, 0.5) is 11.4 Å². The maximum atomic E-state index is 13.2. The van der Waals surface area contributed by atoms with Crippen molar-refractivity contribution in [2.75, 3.05) is 16.3 Å². The number of nitrogen functional groups attached to an aromatic ring is 1. The molecule has 3 aromatic carbocycles. The van der Waals surface area contributed by atoms with Crippen LogP contribution in [0.2, 0.25) is 0 Å². The molecule has 0 saturated heterocycles. The average molecular weight is 497 g/mol. The van der Waals surface area contributed by atoms with E-state index in [-0.39, 0.29) is 17.6 Å². The number of nitrogens with zero attached hydrogens (tertiary/aromatic N) is 2. The van der Waals surface area contributed by atoms with E-state index in [9.17, 15) is 9.59 Å². The van der Waals surface area contributed by atoms with Gasteiger partial charge in [0, 0.05) is 36.3 Å². The lowest BCUT2D eigenvalue weighted by atomic mass is 9.99. The maximum Gasteiger partial charge on any atom is 0.227 e. The highest BCUT2D eigenvalue weighted by Crippen LogP contribution is 2.32. The summed E-state index contributed by atoms with van der Waals surface area (Å²) in [4.78, 5) is 30.2. The van der Waals surface area contributed by atoms with Crippen LogP contribution in [-0.2, 0) is 29.0 Å². The highest BCUT2D eigenvalue weighted by molar-refractivity contribution is 5.97. The van der Waals surface area contributed by atoms with Gasteiger partial charge in [0.15, 0.2) is 0 Å². The molecule has 3 aromatic rings. The Bertz CT molecular complexity index is 1240. The topological polar surface area (TPSA) is 90.5 Å². The molecule has 0 atom stereocenters. The molecule has 0 bridgehead atoms. The van der Waals surface area contributed by atoms with Crippen molar-refractivity contribution in [2.45, 2.75) is 58.4 Å². The summed E-state index contributed by atoms with van der Waals surface area (Å²) < 4.78 is 0. The molecule has 0 spiro atoms. The molecule has 1 aliphatic heterocycles. The predicted molar refractivity (Wildman–Crippen MR) is 150 cm³/mol. The highest BCUT2D eigenvalue weighted by Gasteiger charge is 2.24. The van der Waals surface area contributed by atoms with Crippen LogP contribution in [-0.4, -0.2) is 24.2 Å². The summed E-state index contributed by atoms with van der Waals surface area (Å²) in [7, 11) is 0. The molecule has 3 N–H and O–H groups in total. The number of amidine groups is 1. The smallest absolute Gasteiger partial charge is 0.227 e. The number of anilines is 2. The molecule has 0 aliphatic carbocycles. The van der Waals surface area contributed by atoms with Gasteiger partial charge in [-0.05, 0) is 60.6 Å². The van der Waals surface area contributed by atoms with E-state index in [4.69, 9.17) is 11.1 Å². The van der Waals surface area contributed by atoms with E-state index in [1.807, 2.05) is 76.5 Å². The summed E-state index contributed by atoms with van der Waals surface area (Å²) in [5.74, 6) is 0.274. The number of amides is 2. The lowest BCUT2D eigenvalue weighted by molar-refractivity contribution is -0.119. The van der Waals surface area contributed by atoms with Crippen LogP contribution in [0.3, 0.4) is 0 Å². The number of hydrogen-bond acceptors (Lipinski definition) is 3. The Labute approximate surface area is 219 Å². The van der Waals surface area contributed by atoms with Crippen molar-refractivity contribution in [3.05, 3.63) is 95.1 Å². The van der Waals surface area contributed by atoms with Gasteiger partial charge < -0.3 is 15.5 Å². The minimum Gasteiger partial charge on any atom is -0.384 e. The number of nitrogens with two attached hydrogens (primary N) is 1. The molecular weight excluding hydrogens is 460 g/mol. The zero-order valence-electron chi connectivity index (χ0n) is 21.6. The number of hydrogen-bond donors (Lipinski definition) is 2. The van der Waals surface area contributed by atoms with Crippen LogP contribution in [0.5, 0.6) is 0 Å². The first kappa shape index (κ1) is 26.1. The minimum atomic E-state index is 0.0429. The molecule has 6 nitrogen and oxygen atoms in total. The third kappa shape index (κ3) is 6.64. The van der Waals surface area contributed by atoms with Crippen molar-refractivity contribution in [3.8, 4) is 0 Å². The summed E-state index contributed by atoms with van der Waals surface area (Å²) in [6.07, 6.45) is 5.22. The number of benzene rings is 3. The van der Waals surface area contributed by atoms with Gasteiger partial charge in [-0.1, -0.05) is 67.9 Å². The molecular formula is C31H36N4O2. The van der Waals surface area contributed by atoms with E-state index < -0.39 is 0 Å². The van der Waals surface area contributed by atoms with Crippen LogP contribution in [0.15, 0.2) is 72.8 Å². The number of aryl methyl sites for hydroxylation is 2. The second-order valence-corrected chi connectivity index (χ2v) is 9.64. The van der Waals surface area contributed by atoms with Gasteiger partial charge in [-0.3, -0.25) is 15.0 Å². The van der Waals surface area contributed by atoms with E-state index >= 15 is 0 Å². The number of unbranched alkanes of at least 4 members (excludes halogenated alkanes) is 1. The molecule has 0 unspecified atom stereocenters. The average Bonchev–Trinajstić information content (AvgIpc) is 2.93. The second kappa shape index (κ2) is 12.3. The molecule has 1 aliphatic rings. The van der Waals surface area contributed by atoms with Gasteiger partial charge in [-0.15, -0.1) is 0 Å². The molecule has 0 radical (unpaired) electrons. The fourth-order valence-corrected chi connectivity index (χ4v) is 4.80. The zero-order chi connectivity index (χ0) is 26.2. The molecule has 2 amide bonds.